The van der Waals surface area contributed by atoms with Gasteiger partial charge in [0.15, 0.2) is 9.84 Å². The van der Waals surface area contributed by atoms with Gasteiger partial charge in [0.1, 0.15) is 28.6 Å². The summed E-state index contributed by atoms with van der Waals surface area (Å²) in [6.45, 7) is 2.83. The van der Waals surface area contributed by atoms with Gasteiger partial charge in [-0.2, -0.15) is 0 Å². The minimum atomic E-state index is -3.75. The molecular formula is C30H27NO5S. The van der Waals surface area contributed by atoms with Crippen LogP contribution in [0, 0.1) is 29.6 Å². The van der Waals surface area contributed by atoms with Crippen molar-refractivity contribution in [3.63, 3.8) is 0 Å². The predicted octanol–water partition coefficient (Wildman–Crippen LogP) is 4.61. The maximum absolute atomic E-state index is 13.8. The van der Waals surface area contributed by atoms with Gasteiger partial charge in [-0.3, -0.25) is 4.90 Å². The molecule has 2 aliphatic carbocycles. The number of carbonyl (C=O) groups is 1. The number of hydrogen-bond donors (Lipinski definition) is 0. The number of rotatable bonds is 4. The number of hydrogen-bond acceptors (Lipinski definition) is 5. The summed E-state index contributed by atoms with van der Waals surface area (Å²) in [6.07, 6.45) is 5.35. The van der Waals surface area contributed by atoms with Gasteiger partial charge >= 0.3 is 6.09 Å². The Morgan fingerprint density at radius 1 is 1.08 bits per heavy atom. The molecule has 0 radical (unpaired) electrons. The summed E-state index contributed by atoms with van der Waals surface area (Å²) >= 11 is 0. The second-order valence-corrected chi connectivity index (χ2v) is 13.1. The number of amides is 1. The van der Waals surface area contributed by atoms with Gasteiger partial charge in [-0.1, -0.05) is 60.1 Å². The summed E-state index contributed by atoms with van der Waals surface area (Å²) in [4.78, 5) is 15.5. The molecule has 4 aliphatic rings. The summed E-state index contributed by atoms with van der Waals surface area (Å²) < 4.78 is 37.7. The third-order valence-electron chi connectivity index (χ3n) is 7.97. The molecule has 2 aromatic rings. The number of para-hydroxylation sites is 1. The van der Waals surface area contributed by atoms with E-state index in [0.717, 1.165) is 24.8 Å². The van der Waals surface area contributed by atoms with E-state index in [9.17, 15) is 13.2 Å². The van der Waals surface area contributed by atoms with Crippen molar-refractivity contribution in [3.05, 3.63) is 72.3 Å². The predicted molar refractivity (Wildman–Crippen MR) is 139 cm³/mol. The van der Waals surface area contributed by atoms with E-state index in [1.165, 1.54) is 0 Å². The van der Waals surface area contributed by atoms with Crippen molar-refractivity contribution < 1.29 is 22.7 Å². The molecule has 0 aromatic heterocycles. The van der Waals surface area contributed by atoms with Crippen molar-refractivity contribution in [1.82, 2.24) is 0 Å². The van der Waals surface area contributed by atoms with Gasteiger partial charge < -0.3 is 9.47 Å². The minimum Gasteiger partial charge on any atom is -0.447 e. The second kappa shape index (κ2) is 8.25. The van der Waals surface area contributed by atoms with Crippen LogP contribution < -0.4 is 4.90 Å². The number of anilines is 1. The number of allylic oxidation sites excluding steroid dienone is 2. The highest BCUT2D eigenvalue weighted by atomic mass is 32.2. The molecule has 2 aromatic carbocycles. The molecule has 1 amide bonds. The van der Waals surface area contributed by atoms with E-state index in [0.29, 0.717) is 5.69 Å². The third kappa shape index (κ3) is 3.31. The zero-order valence-corrected chi connectivity index (χ0v) is 21.5. The lowest BCUT2D eigenvalue weighted by atomic mass is 9.64. The van der Waals surface area contributed by atoms with Crippen LogP contribution in [0.1, 0.15) is 38.7 Å². The summed E-state index contributed by atoms with van der Waals surface area (Å²) in [5, 5.41) is 0. The Balaban J connectivity index is 1.38. The number of ether oxygens (including phenoxy) is 2. The number of sulfone groups is 1. The maximum atomic E-state index is 13.8. The maximum Gasteiger partial charge on any atom is 0.415 e. The lowest BCUT2D eigenvalue weighted by Crippen LogP contribution is -2.57. The number of fused-ring (bicyclic) bond motifs is 1. The topological polar surface area (TPSA) is 76.2 Å². The first-order valence-electron chi connectivity index (χ1n) is 12.5. The smallest absolute Gasteiger partial charge is 0.415 e. The van der Waals surface area contributed by atoms with Gasteiger partial charge in [0.2, 0.25) is 0 Å². The standard InChI is InChI=1S/C30H27NO5S/c1-28(2,37(33,34)23-15-7-5-8-16-23)21-35-27(32)31-25-18-11-10-17-24(25)30-22-13-6-3-4-9-19-26(31)29(30,36-30)20-12-14-22/h3-5,7-8,10-11,15-18,22,26H,12,14,20-21H2,1-2H3/b4-3-/t22-,26-,29-,30+/m0/s1. The Bertz CT molecular complexity index is 1540. The molecule has 4 bridgehead atoms. The van der Waals surface area contributed by atoms with Crippen molar-refractivity contribution in [2.24, 2.45) is 5.92 Å². The Morgan fingerprint density at radius 2 is 1.78 bits per heavy atom. The van der Waals surface area contributed by atoms with E-state index in [2.05, 4.69) is 23.7 Å². The van der Waals surface area contributed by atoms with Gasteiger partial charge in [0.25, 0.3) is 0 Å². The van der Waals surface area contributed by atoms with Crippen LogP contribution in [0.4, 0.5) is 10.5 Å². The highest BCUT2D eigenvalue weighted by molar-refractivity contribution is 7.92. The van der Waals surface area contributed by atoms with Crippen LogP contribution in [0.3, 0.4) is 0 Å². The van der Waals surface area contributed by atoms with Gasteiger partial charge in [-0.15, -0.1) is 0 Å². The molecule has 2 heterocycles. The Morgan fingerprint density at radius 3 is 2.57 bits per heavy atom. The number of carbonyl (C=O) groups excluding carboxylic acids is 1. The van der Waals surface area contributed by atoms with Crippen molar-refractivity contribution >= 4 is 21.6 Å². The van der Waals surface area contributed by atoms with Crippen molar-refractivity contribution in [2.45, 2.75) is 60.0 Å². The van der Waals surface area contributed by atoms with Crippen LogP contribution in [0.5, 0.6) is 0 Å². The lowest BCUT2D eigenvalue weighted by molar-refractivity contribution is 0.138. The fraction of sp³-hybridized carbons (Fsp3) is 0.367. The molecule has 4 atom stereocenters. The molecule has 0 N–H and O–H groups in total. The fourth-order valence-corrected chi connectivity index (χ4v) is 7.43. The lowest BCUT2D eigenvalue weighted by Gasteiger charge is -2.43. The largest absolute Gasteiger partial charge is 0.447 e. The Hall–Kier alpha value is -3.52. The van der Waals surface area contributed by atoms with Gasteiger partial charge in [-0.05, 0) is 63.5 Å². The zero-order chi connectivity index (χ0) is 25.9. The summed E-state index contributed by atoms with van der Waals surface area (Å²) in [7, 11) is -3.75. The first-order valence-corrected chi connectivity index (χ1v) is 14.0. The Kier molecular flexibility index (Phi) is 5.32. The molecule has 7 heteroatoms. The molecule has 188 valence electrons. The average molecular weight is 514 g/mol. The monoisotopic (exact) mass is 513 g/mol. The van der Waals surface area contributed by atoms with E-state index < -0.39 is 37.9 Å². The quantitative estimate of drug-likeness (QED) is 0.441. The fourth-order valence-electron chi connectivity index (χ4n) is 6.07. The van der Waals surface area contributed by atoms with Crippen LogP contribution in [-0.2, 0) is 24.9 Å². The molecule has 0 spiro atoms. The van der Waals surface area contributed by atoms with Crippen LogP contribution in [-0.4, -0.2) is 37.5 Å². The van der Waals surface area contributed by atoms with Crippen molar-refractivity contribution in [1.29, 1.82) is 0 Å². The van der Waals surface area contributed by atoms with Gasteiger partial charge in [0.05, 0.1) is 16.5 Å². The van der Waals surface area contributed by atoms with E-state index >= 15 is 0 Å². The SMILES string of the molecule is CC(C)(COC(=O)N1c2ccccc2[C@@]23O[C@]24CCC[C@@H]3C#C/C=C\C#C[C@H]14)S(=O)(=O)c1ccccc1. The molecule has 6 rings (SSSR count). The molecule has 2 aliphatic heterocycles. The second-order valence-electron chi connectivity index (χ2n) is 10.5. The Labute approximate surface area is 217 Å². The molecule has 6 nitrogen and oxygen atoms in total. The number of benzene rings is 2. The highest BCUT2D eigenvalue weighted by Gasteiger charge is 2.81. The third-order valence-corrected chi connectivity index (χ3v) is 10.4. The summed E-state index contributed by atoms with van der Waals surface area (Å²) in [5.41, 5.74) is 0.278. The van der Waals surface area contributed by atoms with Crippen LogP contribution in [0.15, 0.2) is 71.6 Å². The van der Waals surface area contributed by atoms with Crippen molar-refractivity contribution in [2.75, 3.05) is 11.5 Å². The van der Waals surface area contributed by atoms with E-state index in [4.69, 9.17) is 9.47 Å². The molecule has 2 fully saturated rings. The molecule has 1 saturated carbocycles. The highest BCUT2D eigenvalue weighted by Crippen LogP contribution is 2.72. The molecule has 37 heavy (non-hydrogen) atoms. The number of nitrogens with zero attached hydrogens (tertiary/aromatic N) is 1. The molecule has 0 unspecified atom stereocenters. The van der Waals surface area contributed by atoms with Crippen LogP contribution in [0.2, 0.25) is 0 Å². The van der Waals surface area contributed by atoms with Crippen LogP contribution >= 0.6 is 0 Å². The number of epoxide rings is 1. The molecule has 1 saturated heterocycles. The molecular weight excluding hydrogens is 486 g/mol. The summed E-state index contributed by atoms with van der Waals surface area (Å²) in [5.74, 6) is 12.8. The van der Waals surface area contributed by atoms with E-state index in [1.807, 2.05) is 24.3 Å². The normalized spacial score (nSPS) is 29.7. The van der Waals surface area contributed by atoms with E-state index in [-0.39, 0.29) is 17.4 Å². The van der Waals surface area contributed by atoms with Crippen molar-refractivity contribution in [3.8, 4) is 23.7 Å². The first-order chi connectivity index (χ1) is 17.7. The van der Waals surface area contributed by atoms with Gasteiger partial charge in [-0.25, -0.2) is 13.2 Å². The van der Waals surface area contributed by atoms with Gasteiger partial charge in [0, 0.05) is 5.56 Å². The minimum absolute atomic E-state index is 0.0115. The summed E-state index contributed by atoms with van der Waals surface area (Å²) in [6, 6.07) is 15.3. The average Bonchev–Trinajstić information content (AvgIpc) is 3.62. The zero-order valence-electron chi connectivity index (χ0n) is 20.7. The van der Waals surface area contributed by atoms with E-state index in [1.54, 1.807) is 61.2 Å². The van der Waals surface area contributed by atoms with Crippen LogP contribution in [0.25, 0.3) is 0 Å². The first kappa shape index (κ1) is 23.9.